The lowest BCUT2D eigenvalue weighted by atomic mass is 10.1. The highest BCUT2D eigenvalue weighted by molar-refractivity contribution is 7.92. The number of aliphatic carboxylic acids is 1. The van der Waals surface area contributed by atoms with Gasteiger partial charge in [0.2, 0.25) is 10.0 Å². The van der Waals surface area contributed by atoms with E-state index in [9.17, 15) is 13.2 Å². The first kappa shape index (κ1) is 14.7. The molecule has 108 valence electrons. The number of piperidine rings is 1. The Hall–Kier alpha value is -1.66. The summed E-state index contributed by atoms with van der Waals surface area (Å²) in [6.07, 6.45) is 3.30. The van der Waals surface area contributed by atoms with Gasteiger partial charge in [-0.2, -0.15) is 4.31 Å². The van der Waals surface area contributed by atoms with Gasteiger partial charge in [-0.05, 0) is 30.9 Å². The van der Waals surface area contributed by atoms with Crippen LogP contribution in [0.2, 0.25) is 0 Å². The van der Waals surface area contributed by atoms with Crippen molar-refractivity contribution in [1.29, 1.82) is 0 Å². The van der Waals surface area contributed by atoms with Crippen LogP contribution in [0.3, 0.4) is 0 Å². The van der Waals surface area contributed by atoms with Gasteiger partial charge in [0.15, 0.2) is 0 Å². The van der Waals surface area contributed by atoms with E-state index in [1.165, 1.54) is 6.08 Å². The van der Waals surface area contributed by atoms with Gasteiger partial charge in [-0.3, -0.25) is 4.79 Å². The predicted octanol–water partition coefficient (Wildman–Crippen LogP) is 1.93. The van der Waals surface area contributed by atoms with Crippen LogP contribution < -0.4 is 0 Å². The Kier molecular flexibility index (Phi) is 4.57. The Labute approximate surface area is 118 Å². The summed E-state index contributed by atoms with van der Waals surface area (Å²) in [6, 6.07) is 8.10. The van der Waals surface area contributed by atoms with Gasteiger partial charge in [-0.25, -0.2) is 8.42 Å². The summed E-state index contributed by atoms with van der Waals surface area (Å²) < 4.78 is 25.6. The SMILES string of the molecule is O=C(O)C1CCCCN1S(=O)(=O)C=Cc1ccccc1. The van der Waals surface area contributed by atoms with Crippen molar-refractivity contribution in [1.82, 2.24) is 4.31 Å². The van der Waals surface area contributed by atoms with Gasteiger partial charge < -0.3 is 5.11 Å². The molecular formula is C14H17NO4S. The van der Waals surface area contributed by atoms with Gasteiger partial charge >= 0.3 is 5.97 Å². The molecule has 1 unspecified atom stereocenters. The zero-order valence-electron chi connectivity index (χ0n) is 11.0. The summed E-state index contributed by atoms with van der Waals surface area (Å²) in [5.74, 6) is -1.08. The Bertz CT molecular complexity index is 595. The molecular weight excluding hydrogens is 278 g/mol. The zero-order chi connectivity index (χ0) is 14.6. The van der Waals surface area contributed by atoms with E-state index in [0.717, 1.165) is 21.7 Å². The third kappa shape index (κ3) is 3.46. The van der Waals surface area contributed by atoms with Crippen LogP contribution in [0.4, 0.5) is 0 Å². The van der Waals surface area contributed by atoms with Crippen LogP contribution in [-0.4, -0.2) is 36.4 Å². The highest BCUT2D eigenvalue weighted by atomic mass is 32.2. The number of rotatable bonds is 4. The van der Waals surface area contributed by atoms with Crippen molar-refractivity contribution >= 4 is 22.1 Å². The molecule has 1 fully saturated rings. The van der Waals surface area contributed by atoms with Crippen LogP contribution in [0.5, 0.6) is 0 Å². The molecule has 0 bridgehead atoms. The van der Waals surface area contributed by atoms with E-state index in [2.05, 4.69) is 0 Å². The first-order valence-corrected chi connectivity index (χ1v) is 7.99. The fourth-order valence-corrected chi connectivity index (χ4v) is 3.68. The van der Waals surface area contributed by atoms with Gasteiger partial charge in [0.1, 0.15) is 6.04 Å². The van der Waals surface area contributed by atoms with E-state index < -0.39 is 22.0 Å². The number of nitrogens with zero attached hydrogens (tertiary/aromatic N) is 1. The molecule has 1 heterocycles. The summed E-state index contributed by atoms with van der Waals surface area (Å²) in [6.45, 7) is 0.262. The smallest absolute Gasteiger partial charge is 0.322 e. The van der Waals surface area contributed by atoms with Crippen molar-refractivity contribution in [2.75, 3.05) is 6.54 Å². The number of carbonyl (C=O) groups is 1. The molecule has 0 radical (unpaired) electrons. The minimum Gasteiger partial charge on any atom is -0.480 e. The van der Waals surface area contributed by atoms with Crippen LogP contribution >= 0.6 is 0 Å². The predicted molar refractivity (Wildman–Crippen MR) is 76.4 cm³/mol. The molecule has 1 aromatic carbocycles. The lowest BCUT2D eigenvalue weighted by Crippen LogP contribution is -2.47. The van der Waals surface area contributed by atoms with Crippen LogP contribution in [-0.2, 0) is 14.8 Å². The molecule has 0 saturated carbocycles. The minimum atomic E-state index is -3.70. The first-order valence-electron chi connectivity index (χ1n) is 6.48. The number of carboxylic acids is 1. The van der Waals surface area contributed by atoms with Crippen molar-refractivity contribution in [2.45, 2.75) is 25.3 Å². The van der Waals surface area contributed by atoms with Gasteiger partial charge in [-0.1, -0.05) is 30.3 Å². The largest absolute Gasteiger partial charge is 0.480 e. The van der Waals surface area contributed by atoms with Crippen LogP contribution in [0, 0.1) is 0 Å². The highest BCUT2D eigenvalue weighted by Gasteiger charge is 2.35. The van der Waals surface area contributed by atoms with E-state index >= 15 is 0 Å². The van der Waals surface area contributed by atoms with Gasteiger partial charge in [0.25, 0.3) is 0 Å². The molecule has 20 heavy (non-hydrogen) atoms. The fourth-order valence-electron chi connectivity index (χ4n) is 2.26. The molecule has 1 saturated heterocycles. The topological polar surface area (TPSA) is 74.7 Å². The molecule has 6 heteroatoms. The summed E-state index contributed by atoms with van der Waals surface area (Å²) in [5.41, 5.74) is 0.764. The summed E-state index contributed by atoms with van der Waals surface area (Å²) >= 11 is 0. The first-order chi connectivity index (χ1) is 9.50. The molecule has 0 spiro atoms. The molecule has 1 N–H and O–H groups in total. The normalized spacial score (nSPS) is 21.1. The fraction of sp³-hybridized carbons (Fsp3) is 0.357. The average molecular weight is 295 g/mol. The van der Waals surface area contributed by atoms with Crippen molar-refractivity contribution in [3.63, 3.8) is 0 Å². The van der Waals surface area contributed by atoms with Crippen molar-refractivity contribution in [2.24, 2.45) is 0 Å². The molecule has 0 aromatic heterocycles. The summed E-state index contributed by atoms with van der Waals surface area (Å²) in [4.78, 5) is 11.2. The molecule has 0 aliphatic carbocycles. The lowest BCUT2D eigenvalue weighted by Gasteiger charge is -2.30. The van der Waals surface area contributed by atoms with E-state index in [4.69, 9.17) is 5.11 Å². The third-order valence-corrected chi connectivity index (χ3v) is 4.87. The van der Waals surface area contributed by atoms with Crippen LogP contribution in [0.1, 0.15) is 24.8 Å². The van der Waals surface area contributed by atoms with Crippen molar-refractivity contribution in [3.05, 3.63) is 41.3 Å². The van der Waals surface area contributed by atoms with Gasteiger partial charge in [-0.15, -0.1) is 0 Å². The molecule has 1 aliphatic heterocycles. The Morgan fingerprint density at radius 3 is 2.60 bits per heavy atom. The number of sulfonamides is 1. The Morgan fingerprint density at radius 1 is 1.25 bits per heavy atom. The maximum absolute atomic E-state index is 12.2. The number of hydrogen-bond acceptors (Lipinski definition) is 3. The van der Waals surface area contributed by atoms with Gasteiger partial charge in [0.05, 0.1) is 0 Å². The van der Waals surface area contributed by atoms with E-state index in [0.29, 0.717) is 12.8 Å². The second-order valence-electron chi connectivity index (χ2n) is 4.72. The van der Waals surface area contributed by atoms with E-state index in [1.54, 1.807) is 12.1 Å². The van der Waals surface area contributed by atoms with Crippen molar-refractivity contribution < 1.29 is 18.3 Å². The van der Waals surface area contributed by atoms with Crippen molar-refractivity contribution in [3.8, 4) is 0 Å². The highest BCUT2D eigenvalue weighted by Crippen LogP contribution is 2.22. The number of benzene rings is 1. The molecule has 5 nitrogen and oxygen atoms in total. The second kappa shape index (κ2) is 6.19. The van der Waals surface area contributed by atoms with Gasteiger partial charge in [0, 0.05) is 12.0 Å². The standard InChI is InChI=1S/C14H17NO4S/c16-14(17)13-8-4-5-10-15(13)20(18,19)11-9-12-6-2-1-3-7-12/h1-3,6-7,9,11,13H,4-5,8,10H2,(H,16,17). The summed E-state index contributed by atoms with van der Waals surface area (Å²) in [5, 5.41) is 10.2. The van der Waals surface area contributed by atoms with Crippen LogP contribution in [0.25, 0.3) is 6.08 Å². The zero-order valence-corrected chi connectivity index (χ0v) is 11.8. The minimum absolute atomic E-state index is 0.262. The Morgan fingerprint density at radius 2 is 1.95 bits per heavy atom. The molecule has 1 atom stereocenters. The molecule has 1 aromatic rings. The lowest BCUT2D eigenvalue weighted by molar-refractivity contribution is -0.142. The molecule has 2 rings (SSSR count). The molecule has 1 aliphatic rings. The molecule has 0 amide bonds. The summed E-state index contributed by atoms with van der Waals surface area (Å²) in [7, 11) is -3.70. The van der Waals surface area contributed by atoms with Crippen LogP contribution in [0.15, 0.2) is 35.7 Å². The quantitative estimate of drug-likeness (QED) is 0.921. The third-order valence-electron chi connectivity index (χ3n) is 3.30. The Balaban J connectivity index is 2.20. The number of carboxylic acid groups (broad SMARTS) is 1. The monoisotopic (exact) mass is 295 g/mol. The maximum Gasteiger partial charge on any atom is 0.322 e. The van der Waals surface area contributed by atoms with E-state index in [-0.39, 0.29) is 6.54 Å². The average Bonchev–Trinajstić information content (AvgIpc) is 2.46. The van der Waals surface area contributed by atoms with E-state index in [1.807, 2.05) is 18.2 Å². The second-order valence-corrected chi connectivity index (χ2v) is 6.49. The number of hydrogen-bond donors (Lipinski definition) is 1. The maximum atomic E-state index is 12.2.